The summed E-state index contributed by atoms with van der Waals surface area (Å²) in [5.74, 6) is 0. The molecule has 4 heteroatoms. The van der Waals surface area contributed by atoms with Crippen LogP contribution in [-0.2, 0) is 10.8 Å². The lowest BCUT2D eigenvalue weighted by Gasteiger charge is -2.21. The molecule has 0 aliphatic rings. The van der Waals surface area contributed by atoms with Crippen LogP contribution < -0.4 is 0 Å². The molecule has 0 N–H and O–H groups in total. The second-order valence-corrected chi connectivity index (χ2v) is 18.5. The Bertz CT molecular complexity index is 3250. The van der Waals surface area contributed by atoms with Crippen LogP contribution in [-0.4, -0.2) is 9.13 Å². The van der Waals surface area contributed by atoms with E-state index in [4.69, 9.17) is 0 Å². The van der Waals surface area contributed by atoms with Gasteiger partial charge in [0.25, 0.3) is 0 Å². The zero-order valence-electron chi connectivity index (χ0n) is 36.0. The van der Waals surface area contributed by atoms with Crippen LogP contribution in [0.5, 0.6) is 0 Å². The monoisotopic (exact) mass is 798 g/mol. The largest absolute Gasteiger partial charge is 0.309 e. The summed E-state index contributed by atoms with van der Waals surface area (Å²) in [6.45, 7) is 13.5. The highest BCUT2D eigenvalue weighted by molar-refractivity contribution is 6.13. The lowest BCUT2D eigenvalue weighted by atomic mass is 9.86. The SMILES string of the molecule is CC(C)(C)c1ccc2c(c1)c1ccc(-c3ccccc3)cc1n2-c1cc(C#N)ccc1-c1ccc(C#N)cc1-n1c2ccc(C(C)(C)C)cc2c2ccc(-c3ccccc3)cc21. The van der Waals surface area contributed by atoms with E-state index in [2.05, 4.69) is 196 Å². The van der Waals surface area contributed by atoms with Crippen molar-refractivity contribution in [2.45, 2.75) is 52.4 Å². The average molecular weight is 799 g/mol. The van der Waals surface area contributed by atoms with E-state index < -0.39 is 0 Å². The normalized spacial score (nSPS) is 12.0. The minimum Gasteiger partial charge on any atom is -0.309 e. The first kappa shape index (κ1) is 38.5. The minimum absolute atomic E-state index is 0.0494. The molecule has 0 aliphatic carbocycles. The maximum Gasteiger partial charge on any atom is 0.0992 e. The molecule has 2 aromatic heterocycles. The van der Waals surface area contributed by atoms with E-state index >= 15 is 0 Å². The van der Waals surface area contributed by atoms with Gasteiger partial charge in [0.05, 0.1) is 56.7 Å². The van der Waals surface area contributed by atoms with Gasteiger partial charge in [-0.15, -0.1) is 0 Å². The minimum atomic E-state index is -0.0494. The molecule has 8 aromatic carbocycles. The lowest BCUT2D eigenvalue weighted by molar-refractivity contribution is 0.591. The predicted octanol–water partition coefficient (Wildman–Crippen LogP) is 15.2. The van der Waals surface area contributed by atoms with Crippen molar-refractivity contribution in [2.24, 2.45) is 0 Å². The molecule has 0 fully saturated rings. The van der Waals surface area contributed by atoms with Gasteiger partial charge in [0.15, 0.2) is 0 Å². The van der Waals surface area contributed by atoms with Crippen LogP contribution in [0.2, 0.25) is 0 Å². The molecule has 0 radical (unpaired) electrons. The van der Waals surface area contributed by atoms with Crippen LogP contribution in [0.1, 0.15) is 63.8 Å². The van der Waals surface area contributed by atoms with E-state index in [-0.39, 0.29) is 10.8 Å². The number of aromatic nitrogens is 2. The van der Waals surface area contributed by atoms with Crippen molar-refractivity contribution < 1.29 is 0 Å². The lowest BCUT2D eigenvalue weighted by Crippen LogP contribution is -2.10. The topological polar surface area (TPSA) is 57.4 Å². The molecule has 10 rings (SSSR count). The fraction of sp³-hybridized carbons (Fsp3) is 0.138. The van der Waals surface area contributed by atoms with Crippen molar-refractivity contribution in [1.82, 2.24) is 9.13 Å². The summed E-state index contributed by atoms with van der Waals surface area (Å²) < 4.78 is 4.69. The summed E-state index contributed by atoms with van der Waals surface area (Å²) in [4.78, 5) is 0. The highest BCUT2D eigenvalue weighted by Gasteiger charge is 2.24. The van der Waals surface area contributed by atoms with E-state index in [1.54, 1.807) is 0 Å². The Morgan fingerprint density at radius 2 is 0.758 bits per heavy atom. The number of nitriles is 2. The van der Waals surface area contributed by atoms with E-state index in [0.717, 1.165) is 88.4 Å². The van der Waals surface area contributed by atoms with Crippen molar-refractivity contribution in [3.63, 3.8) is 0 Å². The molecule has 10 aromatic rings. The van der Waals surface area contributed by atoms with Gasteiger partial charge in [0.2, 0.25) is 0 Å². The number of nitrogens with zero attached hydrogens (tertiary/aromatic N) is 4. The fourth-order valence-corrected chi connectivity index (χ4v) is 9.14. The maximum absolute atomic E-state index is 10.5. The summed E-state index contributed by atoms with van der Waals surface area (Å²) >= 11 is 0. The van der Waals surface area contributed by atoms with Crippen molar-refractivity contribution in [3.8, 4) is 56.9 Å². The Morgan fingerprint density at radius 1 is 0.355 bits per heavy atom. The van der Waals surface area contributed by atoms with Crippen molar-refractivity contribution in [1.29, 1.82) is 10.5 Å². The van der Waals surface area contributed by atoms with E-state index in [1.165, 1.54) is 11.1 Å². The molecular formula is C58H46N4. The first-order chi connectivity index (χ1) is 29.9. The highest BCUT2D eigenvalue weighted by atomic mass is 15.0. The Morgan fingerprint density at radius 3 is 1.13 bits per heavy atom. The molecule has 2 heterocycles. The van der Waals surface area contributed by atoms with Crippen LogP contribution >= 0.6 is 0 Å². The Labute approximate surface area is 363 Å². The van der Waals surface area contributed by atoms with Gasteiger partial charge in [0.1, 0.15) is 0 Å². The standard InChI is InChI=1S/C58H46N4/c1-57(2,3)43-21-27-51-49(33-43)47-25-19-41(39-13-9-7-10-14-39)31-55(47)61(51)53-29-37(35-59)17-23-45(53)46-24-18-38(36-60)30-54(46)62-52-28-22-44(58(4,5)6)34-50(52)48-26-20-42(32-56(48)62)40-15-11-8-12-16-40/h7-34H,1-6H3. The second-order valence-electron chi connectivity index (χ2n) is 18.5. The van der Waals surface area contributed by atoms with Crippen LogP contribution in [0.4, 0.5) is 0 Å². The smallest absolute Gasteiger partial charge is 0.0992 e. The Hall–Kier alpha value is -7.66. The zero-order valence-corrected chi connectivity index (χ0v) is 36.0. The van der Waals surface area contributed by atoms with Crippen molar-refractivity contribution in [2.75, 3.05) is 0 Å². The first-order valence-corrected chi connectivity index (χ1v) is 21.3. The summed E-state index contributed by atoms with van der Waals surface area (Å²) in [5.41, 5.74) is 16.0. The highest BCUT2D eigenvalue weighted by Crippen LogP contribution is 2.44. The first-order valence-electron chi connectivity index (χ1n) is 21.3. The second kappa shape index (κ2) is 14.5. The van der Waals surface area contributed by atoms with Gasteiger partial charge >= 0.3 is 0 Å². The molecule has 298 valence electrons. The van der Waals surface area contributed by atoms with Crippen molar-refractivity contribution >= 4 is 43.6 Å². The van der Waals surface area contributed by atoms with Crippen LogP contribution in [0, 0.1) is 22.7 Å². The van der Waals surface area contributed by atoms with Gasteiger partial charge < -0.3 is 9.13 Å². The average Bonchev–Trinajstić information content (AvgIpc) is 3.79. The summed E-state index contributed by atoms with van der Waals surface area (Å²) in [5, 5.41) is 25.6. The molecule has 0 saturated carbocycles. The molecule has 0 spiro atoms. The molecule has 0 saturated heterocycles. The summed E-state index contributed by atoms with van der Waals surface area (Å²) in [6.07, 6.45) is 0. The quantitative estimate of drug-likeness (QED) is 0.174. The van der Waals surface area contributed by atoms with Crippen LogP contribution in [0.25, 0.3) is 88.4 Å². The van der Waals surface area contributed by atoms with E-state index in [0.29, 0.717) is 11.1 Å². The molecule has 0 bridgehead atoms. The van der Waals surface area contributed by atoms with Gasteiger partial charge in [-0.3, -0.25) is 0 Å². The summed E-state index contributed by atoms with van der Waals surface area (Å²) in [6, 6.07) is 65.1. The van der Waals surface area contributed by atoms with Gasteiger partial charge in [-0.2, -0.15) is 10.5 Å². The predicted molar refractivity (Wildman–Crippen MR) is 258 cm³/mol. The molecule has 4 nitrogen and oxygen atoms in total. The summed E-state index contributed by atoms with van der Waals surface area (Å²) in [7, 11) is 0. The molecular weight excluding hydrogens is 753 g/mol. The van der Waals surface area contributed by atoms with Gasteiger partial charge in [-0.05, 0) is 105 Å². The number of hydrogen-bond donors (Lipinski definition) is 0. The van der Waals surface area contributed by atoms with Crippen molar-refractivity contribution in [3.05, 3.63) is 192 Å². The number of fused-ring (bicyclic) bond motifs is 6. The number of rotatable bonds is 5. The third-order valence-electron chi connectivity index (χ3n) is 12.5. The molecule has 0 amide bonds. The zero-order chi connectivity index (χ0) is 42.9. The molecule has 0 atom stereocenters. The third kappa shape index (κ3) is 6.44. The Balaban J connectivity index is 1.31. The van der Waals surface area contributed by atoms with Crippen LogP contribution in [0.15, 0.2) is 170 Å². The van der Waals surface area contributed by atoms with E-state index in [9.17, 15) is 10.5 Å². The maximum atomic E-state index is 10.5. The number of hydrogen-bond acceptors (Lipinski definition) is 2. The van der Waals surface area contributed by atoms with E-state index in [1.807, 2.05) is 36.4 Å². The Kier molecular flexibility index (Phi) is 9.02. The third-order valence-corrected chi connectivity index (χ3v) is 12.5. The van der Waals surface area contributed by atoms with Gasteiger partial charge in [0, 0.05) is 32.7 Å². The van der Waals surface area contributed by atoms with Crippen LogP contribution in [0.3, 0.4) is 0 Å². The number of benzene rings is 8. The van der Waals surface area contributed by atoms with Gasteiger partial charge in [-0.1, -0.05) is 151 Å². The molecule has 0 aliphatic heterocycles. The molecule has 62 heavy (non-hydrogen) atoms. The molecule has 0 unspecified atom stereocenters. The van der Waals surface area contributed by atoms with Gasteiger partial charge in [-0.25, -0.2) is 0 Å². The fourth-order valence-electron chi connectivity index (χ4n) is 9.14.